The molecule has 0 spiro atoms. The lowest BCUT2D eigenvalue weighted by Gasteiger charge is -2.33. The molecule has 0 aliphatic heterocycles. The molecular formula is C30H38N4O4. The number of benzene rings is 2. The van der Waals surface area contributed by atoms with E-state index in [2.05, 4.69) is 15.6 Å². The largest absolute Gasteiger partial charge is 0.465 e. The second kappa shape index (κ2) is 13.2. The molecule has 0 saturated heterocycles. The van der Waals surface area contributed by atoms with Crippen LogP contribution in [0.1, 0.15) is 38.3 Å². The molecule has 1 aromatic heterocycles. The zero-order valence-electron chi connectivity index (χ0n) is 22.2. The predicted octanol–water partition coefficient (Wildman–Crippen LogP) is 3.78. The molecule has 8 heteroatoms. The van der Waals surface area contributed by atoms with Gasteiger partial charge in [0.05, 0.1) is 17.8 Å². The topological polar surface area (TPSA) is 138 Å². The van der Waals surface area contributed by atoms with Gasteiger partial charge in [0.2, 0.25) is 5.91 Å². The number of nitrogens with one attached hydrogen (secondary N) is 2. The molecule has 2 amide bonds. The Bertz CT molecular complexity index is 1160. The van der Waals surface area contributed by atoms with Crippen molar-refractivity contribution < 1.29 is 19.8 Å². The summed E-state index contributed by atoms with van der Waals surface area (Å²) in [6.07, 6.45) is 0.699. The Balaban J connectivity index is 1.78. The Morgan fingerprint density at radius 2 is 1.53 bits per heavy atom. The predicted molar refractivity (Wildman–Crippen MR) is 148 cm³/mol. The van der Waals surface area contributed by atoms with Crippen molar-refractivity contribution in [2.75, 3.05) is 0 Å². The standard InChI is InChI=1S/C30H38N4O4/c1-30(2,3)27(34-29(37)38)28(36)33-25(26(35)19-23(31)17-20-9-5-4-6-10-20)18-21-12-14-22(15-13-21)24-11-7-8-16-32-24/h4-16,23,25-27,34-35H,17-19,31H2,1-3H3,(H,33,36)(H,37,38)/t23-,25-,26+,27+/m0/s1. The number of aliphatic hydroxyl groups excluding tert-OH is 1. The van der Waals surface area contributed by atoms with Gasteiger partial charge in [0.15, 0.2) is 0 Å². The normalized spacial score (nSPS) is 14.7. The molecule has 38 heavy (non-hydrogen) atoms. The van der Waals surface area contributed by atoms with E-state index in [9.17, 15) is 19.8 Å². The molecule has 3 aromatic rings. The Morgan fingerprint density at radius 3 is 2.11 bits per heavy atom. The van der Waals surface area contributed by atoms with Gasteiger partial charge in [-0.05, 0) is 47.9 Å². The number of pyridine rings is 1. The van der Waals surface area contributed by atoms with Crippen LogP contribution >= 0.6 is 0 Å². The summed E-state index contributed by atoms with van der Waals surface area (Å²) < 4.78 is 0. The monoisotopic (exact) mass is 518 g/mol. The van der Waals surface area contributed by atoms with Gasteiger partial charge >= 0.3 is 6.09 Å². The molecule has 1 heterocycles. The van der Waals surface area contributed by atoms with Crippen molar-refractivity contribution >= 4 is 12.0 Å². The number of nitrogens with zero attached hydrogens (tertiary/aromatic N) is 1. The van der Waals surface area contributed by atoms with Crippen LogP contribution < -0.4 is 16.4 Å². The second-order valence-electron chi connectivity index (χ2n) is 10.7. The zero-order valence-corrected chi connectivity index (χ0v) is 22.2. The Kier molecular flexibility index (Phi) is 9.98. The lowest BCUT2D eigenvalue weighted by atomic mass is 9.85. The number of aromatic nitrogens is 1. The minimum Gasteiger partial charge on any atom is -0.465 e. The smallest absolute Gasteiger partial charge is 0.405 e. The highest BCUT2D eigenvalue weighted by Gasteiger charge is 2.35. The summed E-state index contributed by atoms with van der Waals surface area (Å²) in [5.74, 6) is -0.495. The minimum atomic E-state index is -1.29. The van der Waals surface area contributed by atoms with E-state index in [1.165, 1.54) is 0 Å². The molecule has 0 fully saturated rings. The molecule has 0 radical (unpaired) electrons. The van der Waals surface area contributed by atoms with Gasteiger partial charge in [-0.1, -0.05) is 81.4 Å². The fourth-order valence-corrected chi connectivity index (χ4v) is 4.42. The number of amides is 2. The van der Waals surface area contributed by atoms with Gasteiger partial charge in [0.25, 0.3) is 0 Å². The minimum absolute atomic E-state index is 0.262. The highest BCUT2D eigenvalue weighted by molar-refractivity contribution is 5.86. The van der Waals surface area contributed by atoms with Crippen molar-refractivity contribution in [3.05, 3.63) is 90.1 Å². The molecule has 202 valence electrons. The molecule has 6 N–H and O–H groups in total. The van der Waals surface area contributed by atoms with E-state index in [0.717, 1.165) is 22.4 Å². The van der Waals surface area contributed by atoms with Crippen molar-refractivity contribution in [3.8, 4) is 11.3 Å². The van der Waals surface area contributed by atoms with Crippen LogP contribution in [-0.2, 0) is 17.6 Å². The highest BCUT2D eigenvalue weighted by atomic mass is 16.4. The van der Waals surface area contributed by atoms with Crippen LogP contribution in [0, 0.1) is 5.41 Å². The first-order chi connectivity index (χ1) is 18.0. The van der Waals surface area contributed by atoms with Gasteiger partial charge in [-0.2, -0.15) is 0 Å². The third-order valence-corrected chi connectivity index (χ3v) is 6.44. The number of hydrogen-bond acceptors (Lipinski definition) is 5. The van der Waals surface area contributed by atoms with Gasteiger partial charge in [0, 0.05) is 17.8 Å². The van der Waals surface area contributed by atoms with Crippen LogP contribution in [0.4, 0.5) is 4.79 Å². The molecule has 3 rings (SSSR count). The molecular weight excluding hydrogens is 480 g/mol. The number of carbonyl (C=O) groups excluding carboxylic acids is 1. The third kappa shape index (κ3) is 8.68. The van der Waals surface area contributed by atoms with Crippen LogP contribution in [0.15, 0.2) is 79.0 Å². The van der Waals surface area contributed by atoms with Gasteiger partial charge in [-0.15, -0.1) is 0 Å². The van der Waals surface area contributed by atoms with Crippen LogP contribution in [0.5, 0.6) is 0 Å². The lowest BCUT2D eigenvalue weighted by Crippen LogP contribution is -2.57. The van der Waals surface area contributed by atoms with E-state index in [0.29, 0.717) is 12.8 Å². The van der Waals surface area contributed by atoms with Crippen LogP contribution in [0.2, 0.25) is 0 Å². The van der Waals surface area contributed by atoms with Crippen LogP contribution in [-0.4, -0.2) is 51.4 Å². The number of rotatable bonds is 11. The van der Waals surface area contributed by atoms with Crippen molar-refractivity contribution in [1.29, 1.82) is 0 Å². The van der Waals surface area contributed by atoms with E-state index in [4.69, 9.17) is 5.73 Å². The molecule has 4 atom stereocenters. The van der Waals surface area contributed by atoms with Crippen molar-refractivity contribution in [2.24, 2.45) is 11.1 Å². The fourth-order valence-electron chi connectivity index (χ4n) is 4.42. The molecule has 2 aromatic carbocycles. The molecule has 0 aliphatic carbocycles. The maximum Gasteiger partial charge on any atom is 0.405 e. The summed E-state index contributed by atoms with van der Waals surface area (Å²) in [4.78, 5) is 29.0. The summed E-state index contributed by atoms with van der Waals surface area (Å²) >= 11 is 0. The Hall–Kier alpha value is -3.75. The highest BCUT2D eigenvalue weighted by Crippen LogP contribution is 2.22. The van der Waals surface area contributed by atoms with Crippen LogP contribution in [0.3, 0.4) is 0 Å². The first kappa shape index (κ1) is 28.8. The van der Waals surface area contributed by atoms with Crippen molar-refractivity contribution in [2.45, 2.75) is 64.3 Å². The molecule has 0 aliphatic rings. The summed E-state index contributed by atoms with van der Waals surface area (Å²) in [6, 6.07) is 21.3. The average molecular weight is 519 g/mol. The summed E-state index contributed by atoms with van der Waals surface area (Å²) in [7, 11) is 0. The van der Waals surface area contributed by atoms with E-state index < -0.39 is 35.6 Å². The number of aliphatic hydroxyl groups is 1. The van der Waals surface area contributed by atoms with Gasteiger partial charge < -0.3 is 26.6 Å². The van der Waals surface area contributed by atoms with Gasteiger partial charge in [-0.3, -0.25) is 9.78 Å². The van der Waals surface area contributed by atoms with E-state index in [1.807, 2.05) is 72.8 Å². The van der Waals surface area contributed by atoms with Gasteiger partial charge in [-0.25, -0.2) is 4.79 Å². The molecule has 0 saturated carbocycles. The SMILES string of the molecule is CC(C)(C)[C@H](NC(=O)O)C(=O)N[C@@H](Cc1ccc(-c2ccccn2)cc1)[C@H](O)C[C@@H](N)Cc1ccccc1. The first-order valence-corrected chi connectivity index (χ1v) is 12.8. The van der Waals surface area contributed by atoms with Crippen LogP contribution in [0.25, 0.3) is 11.3 Å². The number of nitrogens with two attached hydrogens (primary N) is 1. The third-order valence-electron chi connectivity index (χ3n) is 6.44. The first-order valence-electron chi connectivity index (χ1n) is 12.8. The average Bonchev–Trinajstić information content (AvgIpc) is 2.87. The lowest BCUT2D eigenvalue weighted by molar-refractivity contribution is -0.127. The Labute approximate surface area is 224 Å². The maximum atomic E-state index is 13.3. The van der Waals surface area contributed by atoms with Gasteiger partial charge in [0.1, 0.15) is 6.04 Å². The fraction of sp³-hybridized carbons (Fsp3) is 0.367. The summed E-state index contributed by atoms with van der Waals surface area (Å²) in [6.45, 7) is 5.35. The second-order valence-corrected chi connectivity index (χ2v) is 10.7. The number of carbonyl (C=O) groups is 2. The van der Waals surface area contributed by atoms with E-state index in [1.54, 1.807) is 27.0 Å². The summed E-state index contributed by atoms with van der Waals surface area (Å²) in [5.41, 5.74) is 9.48. The van der Waals surface area contributed by atoms with E-state index >= 15 is 0 Å². The Morgan fingerprint density at radius 1 is 0.895 bits per heavy atom. The molecule has 0 unspecified atom stereocenters. The number of carboxylic acid groups (broad SMARTS) is 1. The van der Waals surface area contributed by atoms with Crippen molar-refractivity contribution in [1.82, 2.24) is 15.6 Å². The van der Waals surface area contributed by atoms with Crippen molar-refractivity contribution in [3.63, 3.8) is 0 Å². The maximum absolute atomic E-state index is 13.3. The zero-order chi connectivity index (χ0) is 27.7. The summed E-state index contributed by atoms with van der Waals surface area (Å²) in [5, 5.41) is 25.7. The molecule has 0 bridgehead atoms. The number of hydrogen-bond donors (Lipinski definition) is 5. The molecule has 8 nitrogen and oxygen atoms in total. The quantitative estimate of drug-likeness (QED) is 0.262. The van der Waals surface area contributed by atoms with E-state index in [-0.39, 0.29) is 12.5 Å².